The van der Waals surface area contributed by atoms with Gasteiger partial charge in [0.25, 0.3) is 0 Å². The zero-order valence-corrected chi connectivity index (χ0v) is 11.6. The minimum atomic E-state index is -0.456. The number of carbonyl (C=O) groups is 1. The van der Waals surface area contributed by atoms with Crippen molar-refractivity contribution in [2.75, 3.05) is 20.3 Å². The van der Waals surface area contributed by atoms with Crippen LogP contribution in [-0.4, -0.2) is 48.3 Å². The van der Waals surface area contributed by atoms with Crippen LogP contribution < -0.4 is 0 Å². The van der Waals surface area contributed by atoms with Gasteiger partial charge in [-0.2, -0.15) is 0 Å². The summed E-state index contributed by atoms with van der Waals surface area (Å²) in [5.41, 5.74) is 0. The first kappa shape index (κ1) is 13.8. The molecule has 1 unspecified atom stereocenters. The average molecular weight is 255 g/mol. The van der Waals surface area contributed by atoms with E-state index in [9.17, 15) is 9.90 Å². The molecule has 1 saturated heterocycles. The quantitative estimate of drug-likeness (QED) is 0.826. The van der Waals surface area contributed by atoms with E-state index < -0.39 is 6.10 Å². The highest BCUT2D eigenvalue weighted by Gasteiger charge is 2.43. The zero-order valence-electron chi connectivity index (χ0n) is 11.6. The molecule has 0 aromatic carbocycles. The summed E-state index contributed by atoms with van der Waals surface area (Å²) >= 11 is 0. The second-order valence-corrected chi connectivity index (χ2v) is 6.15. The number of carbonyl (C=O) groups excluding carboxylic acids is 1. The van der Waals surface area contributed by atoms with Gasteiger partial charge < -0.3 is 14.7 Å². The molecule has 0 spiro atoms. The lowest BCUT2D eigenvalue weighted by Crippen LogP contribution is -2.58. The number of methoxy groups -OCH3 is 1. The van der Waals surface area contributed by atoms with Crippen LogP contribution in [0, 0.1) is 17.8 Å². The summed E-state index contributed by atoms with van der Waals surface area (Å²) < 4.78 is 4.96. The van der Waals surface area contributed by atoms with Crippen molar-refractivity contribution in [3.05, 3.63) is 0 Å². The molecule has 0 aromatic heterocycles. The highest BCUT2D eigenvalue weighted by Crippen LogP contribution is 2.42. The number of likely N-dealkylation sites (tertiary alicyclic amines) is 1. The highest BCUT2D eigenvalue weighted by atomic mass is 16.5. The molecule has 1 saturated carbocycles. The Bertz CT molecular complexity index is 303. The van der Waals surface area contributed by atoms with Gasteiger partial charge in [-0.25, -0.2) is 0 Å². The molecule has 5 atom stereocenters. The minimum absolute atomic E-state index is 0.0210. The molecule has 1 N–H and O–H groups in total. The normalized spacial score (nSPS) is 37.4. The fourth-order valence-electron chi connectivity index (χ4n) is 4.01. The van der Waals surface area contributed by atoms with Crippen LogP contribution in [0.15, 0.2) is 0 Å². The molecule has 1 heterocycles. The van der Waals surface area contributed by atoms with E-state index in [2.05, 4.69) is 6.92 Å². The lowest BCUT2D eigenvalue weighted by atomic mass is 9.68. The van der Waals surface area contributed by atoms with Crippen LogP contribution in [0.1, 0.15) is 33.1 Å². The van der Waals surface area contributed by atoms with Crippen molar-refractivity contribution in [3.63, 3.8) is 0 Å². The van der Waals surface area contributed by atoms with E-state index in [4.69, 9.17) is 4.74 Å². The fourth-order valence-corrected chi connectivity index (χ4v) is 4.01. The Balaban J connectivity index is 2.15. The van der Waals surface area contributed by atoms with Crippen molar-refractivity contribution in [1.82, 2.24) is 4.90 Å². The Morgan fingerprint density at radius 2 is 2.17 bits per heavy atom. The standard InChI is InChI=1S/C14H25NO3/c1-9-4-11-6-12(5-9)14(10(2)16)15(7-11)13(17)8-18-3/h9-12,14,16H,4-8H2,1-3H3/t9-,10+,11+,12-,14?/m1/s1. The van der Waals surface area contributed by atoms with E-state index in [1.165, 1.54) is 6.42 Å². The number of fused-ring (bicyclic) bond motifs is 2. The number of hydrogen-bond acceptors (Lipinski definition) is 3. The van der Waals surface area contributed by atoms with Crippen molar-refractivity contribution >= 4 is 5.91 Å². The van der Waals surface area contributed by atoms with Crippen LogP contribution in [0.5, 0.6) is 0 Å². The van der Waals surface area contributed by atoms with E-state index in [-0.39, 0.29) is 18.6 Å². The highest BCUT2D eigenvalue weighted by molar-refractivity contribution is 5.78. The first-order valence-corrected chi connectivity index (χ1v) is 6.99. The van der Waals surface area contributed by atoms with Gasteiger partial charge in [-0.15, -0.1) is 0 Å². The summed E-state index contributed by atoms with van der Waals surface area (Å²) in [7, 11) is 1.54. The summed E-state index contributed by atoms with van der Waals surface area (Å²) in [6.07, 6.45) is 3.04. The fraction of sp³-hybridized carbons (Fsp3) is 0.929. The first-order valence-electron chi connectivity index (χ1n) is 6.99. The Kier molecular flexibility index (Phi) is 4.28. The van der Waals surface area contributed by atoms with Crippen LogP contribution in [0.25, 0.3) is 0 Å². The number of amides is 1. The third-order valence-corrected chi connectivity index (χ3v) is 4.46. The Morgan fingerprint density at radius 1 is 1.44 bits per heavy atom. The van der Waals surface area contributed by atoms with E-state index in [1.807, 2.05) is 4.90 Å². The summed E-state index contributed by atoms with van der Waals surface area (Å²) in [6.45, 7) is 5.00. The van der Waals surface area contributed by atoms with Crippen LogP contribution in [0.2, 0.25) is 0 Å². The molecule has 0 radical (unpaired) electrons. The molecule has 2 fully saturated rings. The number of ether oxygens (including phenoxy) is 1. The number of aliphatic hydroxyl groups excluding tert-OH is 1. The lowest BCUT2D eigenvalue weighted by Gasteiger charge is -2.50. The van der Waals surface area contributed by atoms with Crippen LogP contribution in [0.4, 0.5) is 0 Å². The van der Waals surface area contributed by atoms with Gasteiger partial charge in [-0.1, -0.05) is 6.92 Å². The van der Waals surface area contributed by atoms with Gasteiger partial charge in [0, 0.05) is 13.7 Å². The molecule has 4 heteroatoms. The zero-order chi connectivity index (χ0) is 13.3. The number of rotatable bonds is 3. The van der Waals surface area contributed by atoms with E-state index >= 15 is 0 Å². The van der Waals surface area contributed by atoms with Gasteiger partial charge in [0.1, 0.15) is 6.61 Å². The molecule has 2 rings (SSSR count). The summed E-state index contributed by atoms with van der Waals surface area (Å²) in [5.74, 6) is 1.80. The summed E-state index contributed by atoms with van der Waals surface area (Å²) in [6, 6.07) is -0.0216. The number of piperidine rings is 1. The molecule has 1 aliphatic heterocycles. The largest absolute Gasteiger partial charge is 0.391 e. The van der Waals surface area contributed by atoms with E-state index in [0.717, 1.165) is 25.3 Å². The van der Waals surface area contributed by atoms with Crippen molar-refractivity contribution < 1.29 is 14.6 Å². The van der Waals surface area contributed by atoms with Gasteiger partial charge >= 0.3 is 0 Å². The smallest absolute Gasteiger partial charge is 0.248 e. The number of nitrogens with zero attached hydrogens (tertiary/aromatic N) is 1. The predicted molar refractivity (Wildman–Crippen MR) is 69.1 cm³/mol. The third-order valence-electron chi connectivity index (χ3n) is 4.46. The summed E-state index contributed by atoms with van der Waals surface area (Å²) in [4.78, 5) is 14.0. The number of hydrogen-bond donors (Lipinski definition) is 1. The van der Waals surface area contributed by atoms with Gasteiger partial charge in [-0.05, 0) is 43.9 Å². The molecule has 1 aliphatic carbocycles. The third kappa shape index (κ3) is 2.69. The second-order valence-electron chi connectivity index (χ2n) is 6.15. The monoisotopic (exact) mass is 255 g/mol. The lowest BCUT2D eigenvalue weighted by molar-refractivity contribution is -0.149. The van der Waals surface area contributed by atoms with Crippen LogP contribution in [0.3, 0.4) is 0 Å². The molecule has 104 valence electrons. The average Bonchev–Trinajstić information content (AvgIpc) is 2.27. The molecule has 1 amide bonds. The van der Waals surface area contributed by atoms with E-state index in [0.29, 0.717) is 11.8 Å². The van der Waals surface area contributed by atoms with Gasteiger partial charge in [0.15, 0.2) is 0 Å². The maximum Gasteiger partial charge on any atom is 0.248 e. The topological polar surface area (TPSA) is 49.8 Å². The predicted octanol–water partition coefficient (Wildman–Crippen LogP) is 1.28. The van der Waals surface area contributed by atoms with Crippen molar-refractivity contribution in [3.8, 4) is 0 Å². The molecule has 18 heavy (non-hydrogen) atoms. The van der Waals surface area contributed by atoms with Gasteiger partial charge in [0.05, 0.1) is 12.1 Å². The second kappa shape index (κ2) is 5.57. The van der Waals surface area contributed by atoms with Gasteiger partial charge in [-0.3, -0.25) is 4.79 Å². The van der Waals surface area contributed by atoms with E-state index in [1.54, 1.807) is 14.0 Å². The first-order chi connectivity index (χ1) is 8.52. The van der Waals surface area contributed by atoms with Gasteiger partial charge in [0.2, 0.25) is 5.91 Å². The minimum Gasteiger partial charge on any atom is -0.391 e. The van der Waals surface area contributed by atoms with Crippen LogP contribution >= 0.6 is 0 Å². The number of aliphatic hydroxyl groups is 1. The van der Waals surface area contributed by atoms with Crippen LogP contribution in [-0.2, 0) is 9.53 Å². The molecular formula is C14H25NO3. The Hall–Kier alpha value is -0.610. The van der Waals surface area contributed by atoms with Crippen molar-refractivity contribution in [1.29, 1.82) is 0 Å². The molecule has 2 aliphatic rings. The molecule has 0 aromatic rings. The Morgan fingerprint density at radius 3 is 2.78 bits per heavy atom. The maximum absolute atomic E-state index is 12.1. The maximum atomic E-state index is 12.1. The molecule has 4 nitrogen and oxygen atoms in total. The molecular weight excluding hydrogens is 230 g/mol. The molecule has 2 bridgehead atoms. The van der Waals surface area contributed by atoms with Crippen molar-refractivity contribution in [2.45, 2.75) is 45.3 Å². The Labute approximate surface area is 109 Å². The van der Waals surface area contributed by atoms with Crippen molar-refractivity contribution in [2.24, 2.45) is 17.8 Å². The summed E-state index contributed by atoms with van der Waals surface area (Å²) in [5, 5.41) is 10.0. The SMILES string of the molecule is COCC(=O)N1C[C@H]2C[C@@H](C)C[C@H](C2)C1[C@H](C)O.